The lowest BCUT2D eigenvalue weighted by Gasteiger charge is -2.08. The third-order valence-electron chi connectivity index (χ3n) is 4.22. The second-order valence-corrected chi connectivity index (χ2v) is 7.02. The number of rotatable bonds is 3. The number of benzene rings is 4. The molecular formula is C23H16IN. The maximum Gasteiger partial charge on any atom is 0.0763 e. The van der Waals surface area contributed by atoms with E-state index in [2.05, 4.69) is 95.4 Å². The van der Waals surface area contributed by atoms with Crippen LogP contribution < -0.4 is 0 Å². The minimum Gasteiger partial charge on any atom is -0.255 e. The topological polar surface area (TPSA) is 12.4 Å². The van der Waals surface area contributed by atoms with Gasteiger partial charge in [0.15, 0.2) is 0 Å². The van der Waals surface area contributed by atoms with Crippen molar-refractivity contribution in [2.75, 3.05) is 0 Å². The Bertz CT molecular complexity index is 1070. The molecule has 4 rings (SSSR count). The fraction of sp³-hybridized carbons (Fsp3) is 0. The summed E-state index contributed by atoms with van der Waals surface area (Å²) in [7, 11) is 0. The molecule has 25 heavy (non-hydrogen) atoms. The summed E-state index contributed by atoms with van der Waals surface area (Å²) in [6.45, 7) is 0. The van der Waals surface area contributed by atoms with Gasteiger partial charge in [-0.3, -0.25) is 4.99 Å². The van der Waals surface area contributed by atoms with Crippen molar-refractivity contribution in [3.05, 3.63) is 100 Å². The van der Waals surface area contributed by atoms with Crippen LogP contribution in [-0.2, 0) is 0 Å². The van der Waals surface area contributed by atoms with E-state index in [1.807, 2.05) is 24.4 Å². The van der Waals surface area contributed by atoms with Crippen LogP contribution in [0.4, 0.5) is 5.69 Å². The molecule has 0 fully saturated rings. The Hall–Kier alpha value is -2.46. The van der Waals surface area contributed by atoms with Gasteiger partial charge in [0.1, 0.15) is 0 Å². The minimum absolute atomic E-state index is 0.997. The highest BCUT2D eigenvalue weighted by Crippen LogP contribution is 2.27. The Kier molecular flexibility index (Phi) is 4.61. The molecule has 1 nitrogen and oxygen atoms in total. The Morgan fingerprint density at radius 3 is 2.28 bits per heavy atom. The first-order chi connectivity index (χ1) is 12.3. The quantitative estimate of drug-likeness (QED) is 0.247. The number of hydrogen-bond donors (Lipinski definition) is 0. The van der Waals surface area contributed by atoms with Crippen LogP contribution >= 0.6 is 22.6 Å². The lowest BCUT2D eigenvalue weighted by atomic mass is 9.97. The van der Waals surface area contributed by atoms with Gasteiger partial charge in [0.25, 0.3) is 0 Å². The lowest BCUT2D eigenvalue weighted by molar-refractivity contribution is 1.49. The molecule has 0 N–H and O–H groups in total. The van der Waals surface area contributed by atoms with Crippen molar-refractivity contribution in [3.63, 3.8) is 0 Å². The third kappa shape index (κ3) is 3.49. The van der Waals surface area contributed by atoms with Crippen LogP contribution in [0.25, 0.3) is 21.9 Å². The molecule has 0 atom stereocenters. The largest absolute Gasteiger partial charge is 0.255 e. The maximum absolute atomic E-state index is 4.69. The maximum atomic E-state index is 4.69. The van der Waals surface area contributed by atoms with Gasteiger partial charge in [0.2, 0.25) is 0 Å². The first-order valence-corrected chi connectivity index (χ1v) is 9.26. The van der Waals surface area contributed by atoms with Crippen molar-refractivity contribution in [2.24, 2.45) is 4.99 Å². The number of halogens is 1. The van der Waals surface area contributed by atoms with E-state index in [9.17, 15) is 0 Å². The molecule has 0 unspecified atom stereocenters. The molecular weight excluding hydrogens is 417 g/mol. The molecule has 0 spiro atoms. The minimum atomic E-state index is 0.997. The fourth-order valence-electron chi connectivity index (χ4n) is 2.92. The summed E-state index contributed by atoms with van der Waals surface area (Å²) in [6.07, 6.45) is 1.96. The van der Waals surface area contributed by atoms with Gasteiger partial charge in [0.05, 0.1) is 5.69 Å². The average Bonchev–Trinajstić information content (AvgIpc) is 2.67. The Morgan fingerprint density at radius 2 is 1.40 bits per heavy atom. The van der Waals surface area contributed by atoms with E-state index in [1.54, 1.807) is 0 Å². The average molecular weight is 433 g/mol. The summed E-state index contributed by atoms with van der Waals surface area (Å²) in [5, 5.41) is 2.51. The van der Waals surface area contributed by atoms with Crippen molar-refractivity contribution in [1.82, 2.24) is 0 Å². The Balaban J connectivity index is 1.77. The van der Waals surface area contributed by atoms with E-state index in [0.717, 1.165) is 14.8 Å². The summed E-state index contributed by atoms with van der Waals surface area (Å²) in [5.74, 6) is 0. The van der Waals surface area contributed by atoms with Gasteiger partial charge in [-0.15, -0.1) is 0 Å². The second-order valence-electron chi connectivity index (χ2n) is 5.86. The van der Waals surface area contributed by atoms with E-state index < -0.39 is 0 Å². The second kappa shape index (κ2) is 7.19. The number of nitrogens with zero attached hydrogens (tertiary/aromatic N) is 1. The number of aliphatic imine (C=N–C) groups is 1. The van der Waals surface area contributed by atoms with Crippen molar-refractivity contribution >= 4 is 45.3 Å². The summed E-state index contributed by atoms with van der Waals surface area (Å²) >= 11 is 2.32. The van der Waals surface area contributed by atoms with Crippen LogP contribution in [-0.4, -0.2) is 6.21 Å². The van der Waals surface area contributed by atoms with Crippen molar-refractivity contribution in [3.8, 4) is 11.1 Å². The predicted octanol–water partition coefficient (Wildman–Crippen LogP) is 6.86. The summed E-state index contributed by atoms with van der Waals surface area (Å²) < 4.78 is 1.15. The first-order valence-electron chi connectivity index (χ1n) is 8.18. The van der Waals surface area contributed by atoms with Gasteiger partial charge >= 0.3 is 0 Å². The molecule has 0 heterocycles. The summed E-state index contributed by atoms with van der Waals surface area (Å²) in [6, 6.07) is 31.6. The van der Waals surface area contributed by atoms with Crippen LogP contribution in [0, 0.1) is 3.57 Å². The van der Waals surface area contributed by atoms with E-state index in [0.29, 0.717) is 0 Å². The molecule has 2 heteroatoms. The molecule has 0 bridgehead atoms. The molecule has 4 aromatic carbocycles. The van der Waals surface area contributed by atoms with Crippen molar-refractivity contribution in [2.45, 2.75) is 0 Å². The molecule has 0 saturated heterocycles. The van der Waals surface area contributed by atoms with Crippen molar-refractivity contribution < 1.29 is 0 Å². The van der Waals surface area contributed by atoms with E-state index >= 15 is 0 Å². The van der Waals surface area contributed by atoms with E-state index in [4.69, 9.17) is 4.99 Å². The lowest BCUT2D eigenvalue weighted by Crippen LogP contribution is -1.88. The highest BCUT2D eigenvalue weighted by molar-refractivity contribution is 14.1. The smallest absolute Gasteiger partial charge is 0.0763 e. The molecule has 120 valence electrons. The monoisotopic (exact) mass is 433 g/mol. The summed E-state index contributed by atoms with van der Waals surface area (Å²) in [5.41, 5.74) is 4.53. The van der Waals surface area contributed by atoms with E-state index in [1.165, 1.54) is 21.9 Å². The number of fused-ring (bicyclic) bond motifs is 1. The van der Waals surface area contributed by atoms with Crippen LogP contribution in [0.1, 0.15) is 5.56 Å². The molecule has 0 radical (unpaired) electrons. The molecule has 0 aliphatic rings. The van der Waals surface area contributed by atoms with E-state index in [-0.39, 0.29) is 0 Å². The van der Waals surface area contributed by atoms with Crippen molar-refractivity contribution in [1.29, 1.82) is 0 Å². The summed E-state index contributed by atoms with van der Waals surface area (Å²) in [4.78, 5) is 4.69. The normalized spacial score (nSPS) is 11.2. The number of para-hydroxylation sites is 1. The zero-order valence-corrected chi connectivity index (χ0v) is 15.7. The first kappa shape index (κ1) is 16.0. The SMILES string of the molecule is Ic1ccccc1N=Cc1ccccc1-c1ccc2ccccc2c1. The Morgan fingerprint density at radius 1 is 0.680 bits per heavy atom. The molecule has 0 aromatic heterocycles. The van der Waals surface area contributed by atoms with Crippen LogP contribution in [0.15, 0.2) is 96.0 Å². The van der Waals surface area contributed by atoms with Gasteiger partial charge in [-0.25, -0.2) is 0 Å². The zero-order chi connectivity index (χ0) is 17.1. The van der Waals surface area contributed by atoms with Gasteiger partial charge in [-0.05, 0) is 62.7 Å². The standard InChI is InChI=1S/C23H16IN/c24-22-11-5-6-12-23(22)25-16-20-9-3-4-10-21(20)19-14-13-17-7-1-2-8-18(17)15-19/h1-16H. The van der Waals surface area contributed by atoms with Gasteiger partial charge < -0.3 is 0 Å². The number of hydrogen-bond acceptors (Lipinski definition) is 1. The highest BCUT2D eigenvalue weighted by Gasteiger charge is 2.04. The van der Waals surface area contributed by atoms with Crippen LogP contribution in [0.2, 0.25) is 0 Å². The molecule has 4 aromatic rings. The third-order valence-corrected chi connectivity index (χ3v) is 5.13. The highest BCUT2D eigenvalue weighted by atomic mass is 127. The van der Waals surface area contributed by atoms with Gasteiger partial charge in [-0.1, -0.05) is 72.8 Å². The molecule has 0 amide bonds. The van der Waals surface area contributed by atoms with Gasteiger partial charge in [0, 0.05) is 15.3 Å². The molecule has 0 aliphatic carbocycles. The molecule has 0 aliphatic heterocycles. The predicted molar refractivity (Wildman–Crippen MR) is 116 cm³/mol. The van der Waals surface area contributed by atoms with Crippen LogP contribution in [0.5, 0.6) is 0 Å². The fourth-order valence-corrected chi connectivity index (χ4v) is 3.45. The van der Waals surface area contributed by atoms with Crippen LogP contribution in [0.3, 0.4) is 0 Å². The Labute approximate surface area is 161 Å². The molecule has 0 saturated carbocycles. The van der Waals surface area contributed by atoms with Gasteiger partial charge in [-0.2, -0.15) is 0 Å². The zero-order valence-electron chi connectivity index (χ0n) is 13.6.